The number of halogens is 1. The predicted octanol–water partition coefficient (Wildman–Crippen LogP) is 1.69. The molecule has 0 aromatic heterocycles. The molecule has 1 atom stereocenters. The highest BCUT2D eigenvalue weighted by Gasteiger charge is 1.99. The molecule has 1 unspecified atom stereocenters. The Morgan fingerprint density at radius 1 is 1.78 bits per heavy atom. The third-order valence-electron chi connectivity index (χ3n) is 0.581. The first-order chi connectivity index (χ1) is 4.16. The van der Waals surface area contributed by atoms with Crippen LogP contribution in [0.15, 0.2) is 12.2 Å². The zero-order valence-corrected chi connectivity index (χ0v) is 6.18. The van der Waals surface area contributed by atoms with Crippen LogP contribution in [0, 0.1) is 0 Å². The summed E-state index contributed by atoms with van der Waals surface area (Å²) in [6, 6.07) is 0. The summed E-state index contributed by atoms with van der Waals surface area (Å²) in [6.07, 6.45) is 2.92. The molecule has 0 aliphatic heterocycles. The topological polar surface area (TPSA) is 26.3 Å². The van der Waals surface area contributed by atoms with Gasteiger partial charge < -0.3 is 4.74 Å². The van der Waals surface area contributed by atoms with E-state index in [0.29, 0.717) is 0 Å². The van der Waals surface area contributed by atoms with Gasteiger partial charge in [0.2, 0.25) is 0 Å². The second kappa shape index (κ2) is 4.39. The Balaban J connectivity index is 3.51. The van der Waals surface area contributed by atoms with Gasteiger partial charge in [0.05, 0.1) is 0 Å². The van der Waals surface area contributed by atoms with Crippen LogP contribution < -0.4 is 0 Å². The molecule has 9 heavy (non-hydrogen) atoms. The molecule has 0 saturated heterocycles. The number of allylic oxidation sites excluding steroid dienone is 1. The molecule has 0 aromatic rings. The van der Waals surface area contributed by atoms with E-state index in [1.807, 2.05) is 0 Å². The number of alkyl halides is 1. The van der Waals surface area contributed by atoms with Crippen molar-refractivity contribution < 1.29 is 9.53 Å². The maximum atomic E-state index is 10.5. The Bertz CT molecular complexity index is 118. The molecule has 0 fully saturated rings. The number of esters is 1. The first-order valence-electron chi connectivity index (χ1n) is 2.64. The van der Waals surface area contributed by atoms with Crippen molar-refractivity contribution in [2.45, 2.75) is 19.4 Å². The van der Waals surface area contributed by atoms with Gasteiger partial charge in [-0.25, -0.2) is 4.79 Å². The van der Waals surface area contributed by atoms with Crippen LogP contribution in [0.4, 0.5) is 0 Å². The number of carbonyl (C=O) groups is 1. The molecule has 0 bridgehead atoms. The summed E-state index contributed by atoms with van der Waals surface area (Å²) >= 11 is 5.33. The first-order valence-corrected chi connectivity index (χ1v) is 3.08. The highest BCUT2D eigenvalue weighted by molar-refractivity contribution is 6.20. The van der Waals surface area contributed by atoms with Gasteiger partial charge in [-0.3, -0.25) is 0 Å². The molecule has 0 aromatic carbocycles. The smallest absolute Gasteiger partial charge is 0.331 e. The second-order valence-electron chi connectivity index (χ2n) is 1.48. The van der Waals surface area contributed by atoms with E-state index >= 15 is 0 Å². The van der Waals surface area contributed by atoms with E-state index in [9.17, 15) is 4.79 Å². The van der Waals surface area contributed by atoms with E-state index in [2.05, 4.69) is 4.74 Å². The van der Waals surface area contributed by atoms with Crippen LogP contribution in [0.3, 0.4) is 0 Å². The van der Waals surface area contributed by atoms with E-state index in [0.717, 1.165) is 0 Å². The SMILES string of the molecule is C/C=C/C(=O)OC(C)Cl. The molecule has 0 rings (SSSR count). The maximum Gasteiger partial charge on any atom is 0.331 e. The number of carbonyl (C=O) groups excluding carboxylic acids is 1. The molecular weight excluding hydrogens is 140 g/mol. The average Bonchev–Trinajstić information content (AvgIpc) is 1.63. The lowest BCUT2D eigenvalue weighted by Crippen LogP contribution is -2.05. The highest BCUT2D eigenvalue weighted by atomic mass is 35.5. The fraction of sp³-hybridized carbons (Fsp3) is 0.500. The van der Waals surface area contributed by atoms with Gasteiger partial charge in [0.15, 0.2) is 5.56 Å². The number of ether oxygens (including phenoxy) is 1. The van der Waals surface area contributed by atoms with Crippen molar-refractivity contribution in [3.63, 3.8) is 0 Å². The van der Waals surface area contributed by atoms with Gasteiger partial charge in [0, 0.05) is 6.08 Å². The summed E-state index contributed by atoms with van der Waals surface area (Å²) in [5, 5.41) is 0. The Hall–Kier alpha value is -0.500. The van der Waals surface area contributed by atoms with E-state index in [1.54, 1.807) is 19.9 Å². The molecule has 0 spiro atoms. The Morgan fingerprint density at radius 2 is 2.33 bits per heavy atom. The predicted molar refractivity (Wildman–Crippen MR) is 36.2 cm³/mol. The monoisotopic (exact) mass is 148 g/mol. The standard InChI is InChI=1S/C6H9ClO2/c1-3-4-6(8)9-5(2)7/h3-5H,1-2H3/b4-3+. The Morgan fingerprint density at radius 3 is 2.67 bits per heavy atom. The molecule has 0 aliphatic rings. The van der Waals surface area contributed by atoms with Crippen LogP contribution in [0.25, 0.3) is 0 Å². The van der Waals surface area contributed by atoms with Crippen molar-refractivity contribution in [2.24, 2.45) is 0 Å². The van der Waals surface area contributed by atoms with Crippen LogP contribution >= 0.6 is 11.6 Å². The summed E-state index contributed by atoms with van der Waals surface area (Å²) < 4.78 is 4.53. The fourth-order valence-corrected chi connectivity index (χ4v) is 0.423. The Kier molecular flexibility index (Phi) is 4.14. The minimum absolute atomic E-state index is 0.403. The molecule has 52 valence electrons. The van der Waals surface area contributed by atoms with Gasteiger partial charge in [-0.2, -0.15) is 0 Å². The molecule has 0 N–H and O–H groups in total. The van der Waals surface area contributed by atoms with Gasteiger partial charge in [-0.15, -0.1) is 0 Å². The van der Waals surface area contributed by atoms with Crippen LogP contribution in [-0.2, 0) is 9.53 Å². The summed E-state index contributed by atoms with van der Waals surface area (Å²) in [5.74, 6) is -0.403. The number of hydrogen-bond acceptors (Lipinski definition) is 2. The van der Waals surface area contributed by atoms with Crippen LogP contribution in [0.2, 0.25) is 0 Å². The average molecular weight is 149 g/mol. The number of rotatable bonds is 2. The van der Waals surface area contributed by atoms with Crippen LogP contribution in [0.1, 0.15) is 13.8 Å². The zero-order chi connectivity index (χ0) is 7.28. The maximum absolute atomic E-state index is 10.5. The van der Waals surface area contributed by atoms with Gasteiger partial charge in [-0.05, 0) is 13.8 Å². The van der Waals surface area contributed by atoms with E-state index in [-0.39, 0.29) is 0 Å². The van der Waals surface area contributed by atoms with Crippen LogP contribution in [-0.4, -0.2) is 11.5 Å². The van der Waals surface area contributed by atoms with Crippen LogP contribution in [0.5, 0.6) is 0 Å². The summed E-state index contributed by atoms with van der Waals surface area (Å²) in [4.78, 5) is 10.5. The third kappa shape index (κ3) is 5.37. The minimum atomic E-state index is -0.548. The normalized spacial score (nSPS) is 13.7. The molecule has 0 amide bonds. The molecular formula is C6H9ClO2. The lowest BCUT2D eigenvalue weighted by molar-refractivity contribution is -0.138. The van der Waals surface area contributed by atoms with Crippen molar-refractivity contribution in [3.05, 3.63) is 12.2 Å². The van der Waals surface area contributed by atoms with E-state index < -0.39 is 11.5 Å². The molecule has 2 nitrogen and oxygen atoms in total. The second-order valence-corrected chi connectivity index (χ2v) is 2.09. The first kappa shape index (κ1) is 8.50. The quantitative estimate of drug-likeness (QED) is 0.339. The Labute approximate surface area is 59.5 Å². The lowest BCUT2D eigenvalue weighted by atomic mass is 10.5. The third-order valence-corrected chi connectivity index (χ3v) is 0.670. The zero-order valence-electron chi connectivity index (χ0n) is 5.43. The summed E-state index contributed by atoms with van der Waals surface area (Å²) in [6.45, 7) is 3.32. The summed E-state index contributed by atoms with van der Waals surface area (Å²) in [7, 11) is 0. The minimum Gasteiger partial charge on any atom is -0.443 e. The molecule has 0 saturated carbocycles. The van der Waals surface area contributed by atoms with Gasteiger partial charge in [0.1, 0.15) is 0 Å². The summed E-state index contributed by atoms with van der Waals surface area (Å²) in [5.41, 5.74) is -0.548. The van der Waals surface area contributed by atoms with Crippen molar-refractivity contribution >= 4 is 17.6 Å². The van der Waals surface area contributed by atoms with Crippen molar-refractivity contribution in [1.29, 1.82) is 0 Å². The van der Waals surface area contributed by atoms with E-state index in [4.69, 9.17) is 11.6 Å². The lowest BCUT2D eigenvalue weighted by Gasteiger charge is -2.00. The molecule has 0 radical (unpaired) electrons. The van der Waals surface area contributed by atoms with Crippen molar-refractivity contribution in [1.82, 2.24) is 0 Å². The van der Waals surface area contributed by atoms with Gasteiger partial charge in [-0.1, -0.05) is 17.7 Å². The largest absolute Gasteiger partial charge is 0.443 e. The van der Waals surface area contributed by atoms with E-state index in [1.165, 1.54) is 6.08 Å². The fourth-order valence-electron chi connectivity index (χ4n) is 0.335. The molecule has 0 aliphatic carbocycles. The van der Waals surface area contributed by atoms with Crippen molar-refractivity contribution in [2.75, 3.05) is 0 Å². The molecule has 3 heteroatoms. The molecule has 0 heterocycles. The van der Waals surface area contributed by atoms with Gasteiger partial charge >= 0.3 is 5.97 Å². The van der Waals surface area contributed by atoms with Gasteiger partial charge in [0.25, 0.3) is 0 Å². The van der Waals surface area contributed by atoms with Crippen molar-refractivity contribution in [3.8, 4) is 0 Å². The number of hydrogen-bond donors (Lipinski definition) is 0. The highest BCUT2D eigenvalue weighted by Crippen LogP contribution is 1.96.